The van der Waals surface area contributed by atoms with Gasteiger partial charge in [-0.3, -0.25) is 4.90 Å². The summed E-state index contributed by atoms with van der Waals surface area (Å²) in [6, 6.07) is 10.1. The fourth-order valence-corrected chi connectivity index (χ4v) is 6.44. The summed E-state index contributed by atoms with van der Waals surface area (Å²) in [6.07, 6.45) is -4.19. The maximum atomic E-state index is 15.1. The number of cyclic esters (lactones) is 1. The molecule has 5 rings (SSSR count). The van der Waals surface area contributed by atoms with E-state index in [0.29, 0.717) is 35.3 Å². The van der Waals surface area contributed by atoms with Crippen LogP contribution in [-0.4, -0.2) is 41.8 Å². The fraction of sp³-hybridized carbons (Fsp3) is 0.371. The van der Waals surface area contributed by atoms with Gasteiger partial charge in [-0.15, -0.1) is 0 Å². The van der Waals surface area contributed by atoms with Gasteiger partial charge in [-0.1, -0.05) is 37.6 Å². The number of carboxylic acids is 1. The number of aromatic carboxylic acids is 1. The first-order valence-electron chi connectivity index (χ1n) is 14.8. The number of amides is 1. The van der Waals surface area contributed by atoms with Gasteiger partial charge in [-0.2, -0.15) is 13.2 Å². The van der Waals surface area contributed by atoms with E-state index >= 15 is 4.39 Å². The number of carbonyl (C=O) groups is 2. The van der Waals surface area contributed by atoms with Crippen molar-refractivity contribution in [1.82, 2.24) is 4.90 Å². The summed E-state index contributed by atoms with van der Waals surface area (Å²) in [7, 11) is 1.48. The van der Waals surface area contributed by atoms with Crippen molar-refractivity contribution in [1.29, 1.82) is 0 Å². The monoisotopic (exact) mass is 643 g/mol. The molecule has 0 aromatic heterocycles. The summed E-state index contributed by atoms with van der Waals surface area (Å²) >= 11 is 0. The SMILES string of the molecule is COc1ccc(-c2ccc(C(=O)O)c(F)c2F)cc1C1=C(CN2C(=O)O[C@H](c3cc(C)cc(C(F)(F)F)c3)[C@@H]2C)CC(C)(C)CC1. The van der Waals surface area contributed by atoms with E-state index in [-0.39, 0.29) is 23.1 Å². The second-order valence-corrected chi connectivity index (χ2v) is 12.7. The summed E-state index contributed by atoms with van der Waals surface area (Å²) in [4.78, 5) is 26.0. The number of benzene rings is 3. The standard InChI is InChI=1S/C35H34F5NO5/c1-18-12-21(14-23(13-18)35(38,39)40)31-19(2)41(33(44)46-31)17-22-16-34(3,4)11-10-24(22)27-15-20(6-9-28(27)45-5)25-7-8-26(32(42)43)30(37)29(25)36/h6-9,12-15,19,31H,10-11,16-17H2,1-5H3,(H,42,43)/t19-,31-/m0/s1. The number of ether oxygens (including phenoxy) is 2. The first-order chi connectivity index (χ1) is 21.5. The Balaban J connectivity index is 1.55. The van der Waals surface area contributed by atoms with Crippen LogP contribution in [0.5, 0.6) is 5.75 Å². The molecule has 3 aromatic rings. The summed E-state index contributed by atoms with van der Waals surface area (Å²) in [5.41, 5.74) is 1.43. The lowest BCUT2D eigenvalue weighted by Gasteiger charge is -2.36. The molecule has 1 N–H and O–H groups in total. The van der Waals surface area contributed by atoms with Crippen molar-refractivity contribution in [2.45, 2.75) is 65.3 Å². The molecular weight excluding hydrogens is 609 g/mol. The molecule has 0 spiro atoms. The maximum Gasteiger partial charge on any atom is 0.416 e. The molecule has 0 saturated carbocycles. The molecule has 0 radical (unpaired) electrons. The number of allylic oxidation sites excluding steroid dienone is 1. The summed E-state index contributed by atoms with van der Waals surface area (Å²) in [6.45, 7) is 7.62. The van der Waals surface area contributed by atoms with Crippen molar-refractivity contribution in [3.05, 3.63) is 93.6 Å². The van der Waals surface area contributed by atoms with Gasteiger partial charge >= 0.3 is 18.2 Å². The zero-order valence-electron chi connectivity index (χ0n) is 26.0. The minimum absolute atomic E-state index is 0.124. The molecule has 1 heterocycles. The van der Waals surface area contributed by atoms with Crippen molar-refractivity contribution in [2.24, 2.45) is 5.41 Å². The normalized spacial score (nSPS) is 19.8. The number of carboxylic acid groups (broad SMARTS) is 1. The molecule has 2 aliphatic rings. The molecule has 0 unspecified atom stereocenters. The van der Waals surface area contributed by atoms with Gasteiger partial charge in [0.15, 0.2) is 11.6 Å². The third-order valence-corrected chi connectivity index (χ3v) is 8.83. The zero-order chi connectivity index (χ0) is 33.7. The first-order valence-corrected chi connectivity index (χ1v) is 14.8. The molecule has 1 aliphatic heterocycles. The number of hydrogen-bond donors (Lipinski definition) is 1. The van der Waals surface area contributed by atoms with Crippen LogP contribution in [0.2, 0.25) is 0 Å². The number of carbonyl (C=O) groups excluding carboxylic acids is 1. The third-order valence-electron chi connectivity index (χ3n) is 8.83. The Bertz CT molecular complexity index is 1750. The zero-order valence-corrected chi connectivity index (χ0v) is 26.0. The Morgan fingerprint density at radius 3 is 2.43 bits per heavy atom. The highest BCUT2D eigenvalue weighted by molar-refractivity contribution is 5.89. The van der Waals surface area contributed by atoms with Gasteiger partial charge in [-0.05, 0) is 91.1 Å². The van der Waals surface area contributed by atoms with Crippen LogP contribution in [0.4, 0.5) is 26.7 Å². The van der Waals surface area contributed by atoms with Gasteiger partial charge in [0, 0.05) is 17.7 Å². The molecule has 6 nitrogen and oxygen atoms in total. The number of nitrogens with zero attached hydrogens (tertiary/aromatic N) is 1. The van der Waals surface area contributed by atoms with Crippen molar-refractivity contribution < 1.29 is 46.1 Å². The predicted molar refractivity (Wildman–Crippen MR) is 161 cm³/mol. The Hall–Kier alpha value is -4.41. The highest BCUT2D eigenvalue weighted by atomic mass is 19.4. The van der Waals surface area contributed by atoms with E-state index in [1.807, 2.05) is 0 Å². The van der Waals surface area contributed by atoms with Crippen molar-refractivity contribution >= 4 is 17.6 Å². The number of rotatable bonds is 7. The number of hydrogen-bond acceptors (Lipinski definition) is 4. The van der Waals surface area contributed by atoms with Crippen LogP contribution >= 0.6 is 0 Å². The van der Waals surface area contributed by atoms with Crippen molar-refractivity contribution in [3.63, 3.8) is 0 Å². The molecule has 11 heteroatoms. The quantitative estimate of drug-likeness (QED) is 0.260. The van der Waals surface area contributed by atoms with Crippen molar-refractivity contribution in [3.8, 4) is 16.9 Å². The average Bonchev–Trinajstić information content (AvgIpc) is 3.25. The number of methoxy groups -OCH3 is 1. The van der Waals surface area contributed by atoms with E-state index in [0.717, 1.165) is 35.8 Å². The Kier molecular flexibility index (Phi) is 8.65. The lowest BCUT2D eigenvalue weighted by molar-refractivity contribution is -0.137. The lowest BCUT2D eigenvalue weighted by atomic mass is 9.72. The largest absolute Gasteiger partial charge is 0.496 e. The van der Waals surface area contributed by atoms with Crippen molar-refractivity contribution in [2.75, 3.05) is 13.7 Å². The fourth-order valence-electron chi connectivity index (χ4n) is 6.44. The molecule has 3 aromatic carbocycles. The van der Waals surface area contributed by atoms with Crippen LogP contribution in [0.25, 0.3) is 16.7 Å². The van der Waals surface area contributed by atoms with Gasteiger partial charge in [-0.25, -0.2) is 18.4 Å². The van der Waals surface area contributed by atoms with Crippen LogP contribution in [-0.2, 0) is 10.9 Å². The van der Waals surface area contributed by atoms with Crippen LogP contribution in [0.1, 0.15) is 78.7 Å². The number of halogens is 5. The van der Waals surface area contributed by atoms with Crippen LogP contribution in [0.15, 0.2) is 54.1 Å². The van der Waals surface area contributed by atoms with Gasteiger partial charge < -0.3 is 14.6 Å². The molecule has 46 heavy (non-hydrogen) atoms. The van der Waals surface area contributed by atoms with Gasteiger partial charge in [0.1, 0.15) is 11.9 Å². The molecule has 1 fully saturated rings. The highest BCUT2D eigenvalue weighted by Crippen LogP contribution is 2.47. The molecule has 244 valence electrons. The van der Waals surface area contributed by atoms with Gasteiger partial charge in [0.05, 0.1) is 24.3 Å². The molecule has 2 atom stereocenters. The molecule has 1 aliphatic carbocycles. The highest BCUT2D eigenvalue weighted by Gasteiger charge is 2.42. The topological polar surface area (TPSA) is 76.1 Å². The second-order valence-electron chi connectivity index (χ2n) is 12.7. The van der Waals surface area contributed by atoms with Crippen LogP contribution in [0, 0.1) is 24.0 Å². The van der Waals surface area contributed by atoms with Gasteiger partial charge in [0.25, 0.3) is 0 Å². The van der Waals surface area contributed by atoms with Crippen LogP contribution < -0.4 is 4.74 Å². The number of aryl methyl sites for hydroxylation is 1. The minimum Gasteiger partial charge on any atom is -0.496 e. The summed E-state index contributed by atoms with van der Waals surface area (Å²) in [5, 5.41) is 9.19. The second kappa shape index (κ2) is 12.1. The Morgan fingerprint density at radius 2 is 1.78 bits per heavy atom. The first kappa shape index (κ1) is 33.0. The lowest BCUT2D eigenvalue weighted by Crippen LogP contribution is -2.35. The van der Waals surface area contributed by atoms with Crippen LogP contribution in [0.3, 0.4) is 0 Å². The Morgan fingerprint density at radius 1 is 1.07 bits per heavy atom. The maximum absolute atomic E-state index is 15.1. The Labute approximate surface area is 263 Å². The van der Waals surface area contributed by atoms with E-state index in [1.165, 1.54) is 18.1 Å². The number of alkyl halides is 3. The summed E-state index contributed by atoms with van der Waals surface area (Å²) in [5.74, 6) is -3.88. The smallest absolute Gasteiger partial charge is 0.416 e. The van der Waals surface area contributed by atoms with E-state index in [1.54, 1.807) is 38.1 Å². The van der Waals surface area contributed by atoms with E-state index in [2.05, 4.69) is 13.8 Å². The van der Waals surface area contributed by atoms with E-state index < -0.39 is 53.1 Å². The molecule has 0 bridgehead atoms. The van der Waals surface area contributed by atoms with Gasteiger partial charge in [0.2, 0.25) is 0 Å². The minimum atomic E-state index is -4.56. The average molecular weight is 644 g/mol. The van der Waals surface area contributed by atoms with E-state index in [9.17, 15) is 32.3 Å². The predicted octanol–water partition coefficient (Wildman–Crippen LogP) is 9.21. The third kappa shape index (κ3) is 6.32. The molecule has 1 amide bonds. The molecule has 1 saturated heterocycles. The molecular formula is C35H34F5NO5. The van der Waals surface area contributed by atoms with E-state index in [4.69, 9.17) is 9.47 Å². The summed E-state index contributed by atoms with van der Waals surface area (Å²) < 4.78 is 81.7.